The first-order valence-electron chi connectivity index (χ1n) is 9.75. The number of anilines is 4. The molecule has 0 radical (unpaired) electrons. The SMILES string of the molecule is CC1=Cn2nc(Nc3ccc(N4CCOCC4)cc3)nc2CN1c1cnn(C)c1. The summed E-state index contributed by atoms with van der Waals surface area (Å²) in [5.74, 6) is 1.48. The Morgan fingerprint density at radius 2 is 1.86 bits per heavy atom. The molecule has 1 aromatic carbocycles. The summed E-state index contributed by atoms with van der Waals surface area (Å²) in [7, 11) is 1.92. The molecule has 29 heavy (non-hydrogen) atoms. The highest BCUT2D eigenvalue weighted by Gasteiger charge is 2.21. The van der Waals surface area contributed by atoms with E-state index >= 15 is 0 Å². The maximum atomic E-state index is 5.42. The monoisotopic (exact) mass is 392 g/mol. The van der Waals surface area contributed by atoms with Gasteiger partial charge in [-0.3, -0.25) is 4.68 Å². The number of fused-ring (bicyclic) bond motifs is 1. The molecule has 2 aliphatic rings. The summed E-state index contributed by atoms with van der Waals surface area (Å²) in [6, 6.07) is 8.37. The Balaban J connectivity index is 1.30. The van der Waals surface area contributed by atoms with Crippen LogP contribution in [0.25, 0.3) is 6.20 Å². The van der Waals surface area contributed by atoms with E-state index in [1.807, 2.05) is 30.3 Å². The van der Waals surface area contributed by atoms with Crippen molar-refractivity contribution < 1.29 is 4.74 Å². The van der Waals surface area contributed by atoms with Gasteiger partial charge in [0.15, 0.2) is 5.82 Å². The van der Waals surface area contributed by atoms with E-state index in [-0.39, 0.29) is 0 Å². The molecule has 0 bridgehead atoms. The highest BCUT2D eigenvalue weighted by atomic mass is 16.5. The van der Waals surface area contributed by atoms with Gasteiger partial charge in [0.1, 0.15) is 0 Å². The van der Waals surface area contributed by atoms with E-state index in [0.717, 1.165) is 49.2 Å². The summed E-state index contributed by atoms with van der Waals surface area (Å²) in [6.45, 7) is 6.15. The molecule has 4 heterocycles. The van der Waals surface area contributed by atoms with Gasteiger partial charge >= 0.3 is 0 Å². The first kappa shape index (κ1) is 17.7. The predicted octanol–water partition coefficient (Wildman–Crippen LogP) is 2.43. The minimum atomic E-state index is 0.594. The zero-order valence-electron chi connectivity index (χ0n) is 16.6. The number of morpholine rings is 1. The van der Waals surface area contributed by atoms with Gasteiger partial charge in [-0.15, -0.1) is 5.10 Å². The molecule has 0 amide bonds. The topological polar surface area (TPSA) is 76.3 Å². The van der Waals surface area contributed by atoms with Crippen molar-refractivity contribution in [2.75, 3.05) is 41.4 Å². The molecule has 9 nitrogen and oxygen atoms in total. The summed E-state index contributed by atoms with van der Waals surface area (Å²) < 4.78 is 9.06. The van der Waals surface area contributed by atoms with Crippen molar-refractivity contribution in [3.8, 4) is 0 Å². The largest absolute Gasteiger partial charge is 0.378 e. The number of aryl methyl sites for hydroxylation is 1. The lowest BCUT2D eigenvalue weighted by atomic mass is 10.2. The number of aromatic nitrogens is 5. The third-order valence-corrected chi connectivity index (χ3v) is 5.24. The van der Waals surface area contributed by atoms with Crippen molar-refractivity contribution in [1.82, 2.24) is 24.5 Å². The fourth-order valence-corrected chi connectivity index (χ4v) is 3.68. The van der Waals surface area contributed by atoms with E-state index < -0.39 is 0 Å². The Hall–Kier alpha value is -3.33. The van der Waals surface area contributed by atoms with E-state index in [2.05, 4.69) is 61.5 Å². The molecule has 0 saturated carbocycles. The van der Waals surface area contributed by atoms with Crippen LogP contribution in [0.15, 0.2) is 42.4 Å². The maximum absolute atomic E-state index is 5.42. The summed E-state index contributed by atoms with van der Waals surface area (Å²) in [5.41, 5.74) is 4.32. The van der Waals surface area contributed by atoms with Crippen LogP contribution in [-0.4, -0.2) is 50.8 Å². The molecular formula is C20H24N8O. The number of allylic oxidation sites excluding steroid dienone is 1. The van der Waals surface area contributed by atoms with Crippen molar-refractivity contribution in [3.05, 3.63) is 48.2 Å². The van der Waals surface area contributed by atoms with E-state index in [0.29, 0.717) is 12.5 Å². The first-order chi connectivity index (χ1) is 14.2. The van der Waals surface area contributed by atoms with Crippen LogP contribution in [0.2, 0.25) is 0 Å². The Bertz CT molecular complexity index is 1030. The number of hydrogen-bond donors (Lipinski definition) is 1. The normalized spacial score (nSPS) is 16.6. The lowest BCUT2D eigenvalue weighted by molar-refractivity contribution is 0.122. The molecule has 150 valence electrons. The van der Waals surface area contributed by atoms with Gasteiger partial charge in [-0.1, -0.05) is 0 Å². The average molecular weight is 392 g/mol. The summed E-state index contributed by atoms with van der Waals surface area (Å²) in [5, 5.41) is 12.2. The minimum absolute atomic E-state index is 0.594. The third-order valence-electron chi connectivity index (χ3n) is 5.24. The molecule has 1 saturated heterocycles. The number of benzene rings is 1. The molecule has 1 fully saturated rings. The van der Waals surface area contributed by atoms with Gasteiger partial charge < -0.3 is 19.9 Å². The van der Waals surface area contributed by atoms with Crippen LogP contribution < -0.4 is 15.1 Å². The van der Waals surface area contributed by atoms with E-state index in [4.69, 9.17) is 4.74 Å². The van der Waals surface area contributed by atoms with Crippen LogP contribution in [0, 0.1) is 0 Å². The molecule has 0 aliphatic carbocycles. The van der Waals surface area contributed by atoms with Gasteiger partial charge in [0.25, 0.3) is 0 Å². The lowest BCUT2D eigenvalue weighted by Crippen LogP contribution is -2.36. The second kappa shape index (κ2) is 7.25. The molecule has 0 unspecified atom stereocenters. The van der Waals surface area contributed by atoms with E-state index in [1.165, 1.54) is 5.69 Å². The van der Waals surface area contributed by atoms with E-state index in [1.54, 1.807) is 4.68 Å². The third kappa shape index (κ3) is 3.56. The number of ether oxygens (including phenoxy) is 1. The zero-order chi connectivity index (χ0) is 19.8. The molecule has 0 spiro atoms. The molecule has 0 atom stereocenters. The Labute approximate surface area is 169 Å². The first-order valence-corrected chi connectivity index (χ1v) is 9.75. The number of nitrogens with one attached hydrogen (secondary N) is 1. The number of rotatable bonds is 4. The highest BCUT2D eigenvalue weighted by molar-refractivity contribution is 5.60. The average Bonchev–Trinajstić information content (AvgIpc) is 3.33. The molecule has 2 aromatic heterocycles. The quantitative estimate of drug-likeness (QED) is 0.731. The number of hydrogen-bond acceptors (Lipinski definition) is 7. The second-order valence-electron chi connectivity index (χ2n) is 7.30. The molecular weight excluding hydrogens is 368 g/mol. The van der Waals surface area contributed by atoms with Crippen molar-refractivity contribution in [2.24, 2.45) is 7.05 Å². The van der Waals surface area contributed by atoms with Crippen LogP contribution in [0.1, 0.15) is 12.7 Å². The van der Waals surface area contributed by atoms with Crippen LogP contribution in [0.5, 0.6) is 0 Å². The van der Waals surface area contributed by atoms with Crippen LogP contribution in [0.4, 0.5) is 23.0 Å². The Morgan fingerprint density at radius 3 is 2.59 bits per heavy atom. The van der Waals surface area contributed by atoms with Gasteiger partial charge in [-0.2, -0.15) is 10.1 Å². The number of nitrogens with zero attached hydrogens (tertiary/aromatic N) is 7. The Kier molecular flexibility index (Phi) is 4.44. The summed E-state index contributed by atoms with van der Waals surface area (Å²) >= 11 is 0. The van der Waals surface area contributed by atoms with Gasteiger partial charge in [-0.25, -0.2) is 4.68 Å². The fraction of sp³-hybridized carbons (Fsp3) is 0.350. The lowest BCUT2D eigenvalue weighted by Gasteiger charge is -2.28. The molecule has 9 heteroatoms. The molecule has 1 N–H and O–H groups in total. The van der Waals surface area contributed by atoms with Gasteiger partial charge in [0, 0.05) is 49.6 Å². The van der Waals surface area contributed by atoms with Crippen molar-refractivity contribution in [2.45, 2.75) is 13.5 Å². The molecule has 5 rings (SSSR count). The standard InChI is InChI=1S/C20H24N8O/c1-15-12-28-19(14-27(15)18-11-21-25(2)13-18)23-20(24-28)22-16-3-5-17(6-4-16)26-7-9-29-10-8-26/h3-6,11-13H,7-10,14H2,1-2H3,(H,22,24). The summed E-state index contributed by atoms with van der Waals surface area (Å²) in [4.78, 5) is 9.19. The second-order valence-corrected chi connectivity index (χ2v) is 7.30. The minimum Gasteiger partial charge on any atom is -0.378 e. The maximum Gasteiger partial charge on any atom is 0.247 e. The van der Waals surface area contributed by atoms with Crippen LogP contribution in [0.3, 0.4) is 0 Å². The van der Waals surface area contributed by atoms with Crippen LogP contribution in [-0.2, 0) is 18.3 Å². The van der Waals surface area contributed by atoms with Crippen LogP contribution >= 0.6 is 0 Å². The van der Waals surface area contributed by atoms with Gasteiger partial charge in [-0.05, 0) is 31.2 Å². The van der Waals surface area contributed by atoms with Gasteiger partial charge in [0.2, 0.25) is 5.95 Å². The van der Waals surface area contributed by atoms with Crippen molar-refractivity contribution in [1.29, 1.82) is 0 Å². The zero-order valence-corrected chi connectivity index (χ0v) is 16.6. The predicted molar refractivity (Wildman–Crippen MR) is 112 cm³/mol. The fourth-order valence-electron chi connectivity index (χ4n) is 3.68. The highest BCUT2D eigenvalue weighted by Crippen LogP contribution is 2.26. The van der Waals surface area contributed by atoms with E-state index in [9.17, 15) is 0 Å². The molecule has 3 aromatic rings. The molecule has 2 aliphatic heterocycles. The smallest absolute Gasteiger partial charge is 0.247 e. The van der Waals surface area contributed by atoms with Crippen molar-refractivity contribution >= 4 is 29.2 Å². The van der Waals surface area contributed by atoms with Gasteiger partial charge in [0.05, 0.1) is 31.6 Å². The van der Waals surface area contributed by atoms with Crippen molar-refractivity contribution in [3.63, 3.8) is 0 Å². The Morgan fingerprint density at radius 1 is 1.07 bits per heavy atom. The summed E-state index contributed by atoms with van der Waals surface area (Å²) in [6.07, 6.45) is 5.85.